The van der Waals surface area contributed by atoms with Crippen LogP contribution in [0.15, 0.2) is 53.3 Å². The average molecular weight is 418 g/mol. The summed E-state index contributed by atoms with van der Waals surface area (Å²) in [5.41, 5.74) is 5.21. The number of nitrogens with zero attached hydrogens (tertiary/aromatic N) is 1. The fraction of sp³-hybridized carbons (Fsp3) is 0.440. The van der Waals surface area contributed by atoms with Crippen LogP contribution in [0.2, 0.25) is 0 Å². The van der Waals surface area contributed by atoms with Gasteiger partial charge in [-0.15, -0.1) is 0 Å². The van der Waals surface area contributed by atoms with Crippen LogP contribution in [-0.4, -0.2) is 40.6 Å². The second-order valence-corrected chi connectivity index (χ2v) is 6.98. The zero-order valence-electron chi connectivity index (χ0n) is 20.0. The highest BCUT2D eigenvalue weighted by Crippen LogP contribution is 2.32. The number of aliphatic hydroxyl groups is 1. The van der Waals surface area contributed by atoms with Crippen molar-refractivity contribution in [2.45, 2.75) is 67.9 Å². The molecule has 5 nitrogen and oxygen atoms in total. The number of hydrogen-bond donors (Lipinski definition) is 2. The fourth-order valence-electron chi connectivity index (χ4n) is 2.46. The van der Waals surface area contributed by atoms with Crippen molar-refractivity contribution < 1.29 is 19.8 Å². The summed E-state index contributed by atoms with van der Waals surface area (Å²) in [6.07, 6.45) is 4.11. The Bertz CT molecular complexity index is 734. The first-order chi connectivity index (χ1) is 14.0. The van der Waals surface area contributed by atoms with Crippen molar-refractivity contribution in [3.63, 3.8) is 0 Å². The maximum Gasteiger partial charge on any atom is 0.309 e. The monoisotopic (exact) mass is 417 g/mol. The summed E-state index contributed by atoms with van der Waals surface area (Å²) in [6.45, 7) is 15.3. The van der Waals surface area contributed by atoms with Gasteiger partial charge in [0.25, 0.3) is 0 Å². The fourth-order valence-corrected chi connectivity index (χ4v) is 2.46. The van der Waals surface area contributed by atoms with Gasteiger partial charge in [0.2, 0.25) is 6.41 Å². The Morgan fingerprint density at radius 2 is 1.60 bits per heavy atom. The first kappa shape index (κ1) is 29.5. The summed E-state index contributed by atoms with van der Waals surface area (Å²) in [5, 5.41) is 17.4. The lowest BCUT2D eigenvalue weighted by atomic mass is 9.90. The van der Waals surface area contributed by atoms with Gasteiger partial charge in [-0.05, 0) is 52.7 Å². The highest BCUT2D eigenvalue weighted by Gasteiger charge is 2.19. The van der Waals surface area contributed by atoms with Gasteiger partial charge in [0.05, 0.1) is 6.42 Å². The van der Waals surface area contributed by atoms with E-state index in [1.165, 1.54) is 4.90 Å². The van der Waals surface area contributed by atoms with E-state index in [1.807, 2.05) is 78.0 Å². The number of amides is 1. The van der Waals surface area contributed by atoms with Gasteiger partial charge in [-0.1, -0.05) is 61.4 Å². The van der Waals surface area contributed by atoms with E-state index in [0.29, 0.717) is 12.1 Å². The summed E-state index contributed by atoms with van der Waals surface area (Å²) in [7, 11) is 1.58. The molecule has 0 aromatic heterocycles. The van der Waals surface area contributed by atoms with Crippen LogP contribution in [0.5, 0.6) is 0 Å². The first-order valence-corrected chi connectivity index (χ1v) is 10.2. The molecular weight excluding hydrogens is 378 g/mol. The predicted octanol–water partition coefficient (Wildman–Crippen LogP) is 5.59. The van der Waals surface area contributed by atoms with E-state index >= 15 is 0 Å². The number of allylic oxidation sites excluding steroid dienone is 5. The van der Waals surface area contributed by atoms with Crippen LogP contribution in [0.3, 0.4) is 0 Å². The van der Waals surface area contributed by atoms with E-state index < -0.39 is 5.97 Å². The summed E-state index contributed by atoms with van der Waals surface area (Å²) in [6, 6.07) is 7.87. The van der Waals surface area contributed by atoms with Gasteiger partial charge in [-0.3, -0.25) is 9.59 Å². The normalized spacial score (nSPS) is 10.9. The Morgan fingerprint density at radius 3 is 1.93 bits per heavy atom. The van der Waals surface area contributed by atoms with Crippen LogP contribution in [0.25, 0.3) is 5.57 Å². The number of benzene rings is 1. The number of rotatable bonds is 7. The van der Waals surface area contributed by atoms with Crippen LogP contribution in [0, 0.1) is 6.92 Å². The number of carbonyl (C=O) groups is 2. The summed E-state index contributed by atoms with van der Waals surface area (Å²) in [4.78, 5) is 24.0. The quantitative estimate of drug-likeness (QED) is 0.447. The summed E-state index contributed by atoms with van der Waals surface area (Å²) in [5.74, 6) is -0.975. The molecule has 1 aromatic rings. The van der Waals surface area contributed by atoms with Crippen molar-refractivity contribution in [3.8, 4) is 0 Å². The zero-order valence-corrected chi connectivity index (χ0v) is 20.0. The molecule has 0 aliphatic rings. The Morgan fingerprint density at radius 1 is 1.13 bits per heavy atom. The van der Waals surface area contributed by atoms with Gasteiger partial charge in [0.15, 0.2) is 0 Å². The second kappa shape index (κ2) is 16.2. The Balaban J connectivity index is 0. The molecule has 168 valence electrons. The molecule has 0 radical (unpaired) electrons. The largest absolute Gasteiger partial charge is 0.481 e. The first-order valence-electron chi connectivity index (χ1n) is 10.2. The van der Waals surface area contributed by atoms with Gasteiger partial charge in [-0.2, -0.15) is 0 Å². The molecule has 0 saturated carbocycles. The molecule has 1 rings (SSSR count). The summed E-state index contributed by atoms with van der Waals surface area (Å²) >= 11 is 0. The van der Waals surface area contributed by atoms with Gasteiger partial charge in [0.1, 0.15) is 0 Å². The van der Waals surface area contributed by atoms with Gasteiger partial charge in [-0.25, -0.2) is 0 Å². The standard InChI is InChI=1S/C20H25NO3.C3H8O.C2H6/c1-6-7-17(14(2)3)20(16-10-8-15(4)9-11-16)18(12-19(23)24)21(5)13-22;1-3(2)4;1-2/h6-11,13H,12H2,1-5H3,(H,23,24);3-4H,1-2H3;1-2H3/b7-6-,20-18-;;. The van der Waals surface area contributed by atoms with E-state index in [4.69, 9.17) is 5.11 Å². The molecule has 5 heteroatoms. The molecule has 0 spiro atoms. The summed E-state index contributed by atoms with van der Waals surface area (Å²) < 4.78 is 0. The van der Waals surface area contributed by atoms with E-state index in [2.05, 4.69) is 0 Å². The number of aliphatic hydroxyl groups excluding tert-OH is 1. The molecule has 2 N–H and O–H groups in total. The van der Waals surface area contributed by atoms with Gasteiger partial charge < -0.3 is 15.1 Å². The lowest BCUT2D eigenvalue weighted by Crippen LogP contribution is -2.20. The average Bonchev–Trinajstić information content (AvgIpc) is 2.68. The Kier molecular flexibility index (Phi) is 15.9. The van der Waals surface area contributed by atoms with E-state index in [0.717, 1.165) is 27.8 Å². The van der Waals surface area contributed by atoms with Gasteiger partial charge >= 0.3 is 5.97 Å². The predicted molar refractivity (Wildman–Crippen MR) is 126 cm³/mol. The SMILES string of the molecule is C/C=C\C(=C(C)C)/C(=C(/CC(=O)O)N(C)C=O)c1ccc(C)cc1.CC.CC(C)O. The number of carbonyl (C=O) groups excluding carboxylic acids is 1. The molecule has 0 saturated heterocycles. The molecule has 30 heavy (non-hydrogen) atoms. The molecule has 1 aromatic carbocycles. The smallest absolute Gasteiger partial charge is 0.309 e. The van der Waals surface area contributed by atoms with Crippen LogP contribution in [-0.2, 0) is 9.59 Å². The number of carboxylic acids is 1. The van der Waals surface area contributed by atoms with Crippen LogP contribution in [0.1, 0.15) is 66.0 Å². The molecule has 0 bridgehead atoms. The molecule has 0 heterocycles. The lowest BCUT2D eigenvalue weighted by molar-refractivity contribution is -0.136. The molecule has 0 fully saturated rings. The van der Waals surface area contributed by atoms with Crippen molar-refractivity contribution in [2.24, 2.45) is 0 Å². The minimum absolute atomic E-state index is 0.167. The van der Waals surface area contributed by atoms with Crippen LogP contribution < -0.4 is 0 Å². The van der Waals surface area contributed by atoms with Crippen molar-refractivity contribution in [1.82, 2.24) is 4.90 Å². The number of aryl methyl sites for hydroxylation is 1. The molecule has 1 amide bonds. The highest BCUT2D eigenvalue weighted by atomic mass is 16.4. The minimum Gasteiger partial charge on any atom is -0.481 e. The molecule has 0 atom stereocenters. The van der Waals surface area contributed by atoms with E-state index in [-0.39, 0.29) is 12.5 Å². The Labute approximate surface area is 182 Å². The van der Waals surface area contributed by atoms with Gasteiger partial charge in [0, 0.05) is 24.4 Å². The Hall–Kier alpha value is -2.66. The van der Waals surface area contributed by atoms with Crippen LogP contribution in [0.4, 0.5) is 0 Å². The topological polar surface area (TPSA) is 77.8 Å². The minimum atomic E-state index is -0.975. The third-order valence-electron chi connectivity index (χ3n) is 3.67. The number of aliphatic carboxylic acids is 1. The third-order valence-corrected chi connectivity index (χ3v) is 3.67. The second-order valence-electron chi connectivity index (χ2n) is 6.98. The molecule has 0 aliphatic carbocycles. The number of carboxylic acid groups (broad SMARTS) is 1. The maximum absolute atomic E-state index is 11.4. The van der Waals surface area contributed by atoms with Crippen molar-refractivity contribution in [3.05, 3.63) is 64.4 Å². The zero-order chi connectivity index (χ0) is 23.9. The van der Waals surface area contributed by atoms with E-state index in [1.54, 1.807) is 20.9 Å². The van der Waals surface area contributed by atoms with E-state index in [9.17, 15) is 14.7 Å². The molecule has 0 unspecified atom stereocenters. The lowest BCUT2D eigenvalue weighted by Gasteiger charge is -2.22. The number of hydrogen-bond acceptors (Lipinski definition) is 3. The van der Waals surface area contributed by atoms with Crippen molar-refractivity contribution >= 4 is 18.0 Å². The van der Waals surface area contributed by atoms with Crippen LogP contribution >= 0.6 is 0 Å². The van der Waals surface area contributed by atoms with Crippen molar-refractivity contribution in [2.75, 3.05) is 7.05 Å². The van der Waals surface area contributed by atoms with Crippen molar-refractivity contribution in [1.29, 1.82) is 0 Å². The maximum atomic E-state index is 11.4. The third kappa shape index (κ3) is 11.4. The molecular formula is C25H39NO4. The highest BCUT2D eigenvalue weighted by molar-refractivity contribution is 5.88. The molecule has 0 aliphatic heterocycles.